The van der Waals surface area contributed by atoms with Crippen LogP contribution in [0, 0.1) is 5.92 Å². The topological polar surface area (TPSA) is 55.1 Å². The summed E-state index contributed by atoms with van der Waals surface area (Å²) >= 11 is 5.16. The van der Waals surface area contributed by atoms with E-state index in [2.05, 4.69) is 5.32 Å². The van der Waals surface area contributed by atoms with Crippen molar-refractivity contribution in [2.45, 2.75) is 76.2 Å². The van der Waals surface area contributed by atoms with Crippen LogP contribution in [0.3, 0.4) is 0 Å². The lowest BCUT2D eigenvalue weighted by Gasteiger charge is -2.29. The minimum atomic E-state index is -0.376. The minimum absolute atomic E-state index is 0.139. The molecule has 19 heavy (non-hydrogen) atoms. The Hall–Kier alpha value is -0.640. The van der Waals surface area contributed by atoms with Crippen molar-refractivity contribution in [2.75, 3.05) is 0 Å². The fourth-order valence-electron chi connectivity index (χ4n) is 3.55. The molecule has 2 rings (SSSR count). The van der Waals surface area contributed by atoms with Gasteiger partial charge in [0.25, 0.3) is 0 Å². The van der Waals surface area contributed by atoms with Gasteiger partial charge >= 0.3 is 0 Å². The third-order valence-electron chi connectivity index (χ3n) is 4.81. The van der Waals surface area contributed by atoms with Gasteiger partial charge in [0, 0.05) is 6.42 Å². The summed E-state index contributed by atoms with van der Waals surface area (Å²) in [5, 5.41) is 3.13. The van der Waals surface area contributed by atoms with Crippen molar-refractivity contribution in [3.63, 3.8) is 0 Å². The molecule has 0 bridgehead atoms. The molecule has 0 heterocycles. The van der Waals surface area contributed by atoms with Gasteiger partial charge in [0.05, 0.1) is 10.5 Å². The zero-order valence-electron chi connectivity index (χ0n) is 11.7. The number of nitrogens with two attached hydrogens (primary N) is 1. The molecule has 0 spiro atoms. The number of thiocarbonyl (C=S) groups is 1. The first-order valence-electron chi connectivity index (χ1n) is 7.73. The molecule has 2 aliphatic rings. The van der Waals surface area contributed by atoms with Gasteiger partial charge < -0.3 is 11.1 Å². The lowest BCUT2D eigenvalue weighted by molar-refractivity contribution is -0.122. The predicted molar refractivity (Wildman–Crippen MR) is 81.9 cm³/mol. The van der Waals surface area contributed by atoms with Crippen molar-refractivity contribution in [2.24, 2.45) is 11.7 Å². The van der Waals surface area contributed by atoms with E-state index in [1.54, 1.807) is 0 Å². The van der Waals surface area contributed by atoms with Crippen molar-refractivity contribution in [3.8, 4) is 0 Å². The van der Waals surface area contributed by atoms with Gasteiger partial charge in [-0.05, 0) is 25.2 Å². The lowest BCUT2D eigenvalue weighted by atomic mass is 9.86. The van der Waals surface area contributed by atoms with Crippen LogP contribution < -0.4 is 11.1 Å². The highest BCUT2D eigenvalue weighted by Gasteiger charge is 2.38. The molecule has 0 aromatic rings. The van der Waals surface area contributed by atoms with Crippen molar-refractivity contribution in [1.82, 2.24) is 5.32 Å². The van der Waals surface area contributed by atoms with Crippen LogP contribution in [0.15, 0.2) is 0 Å². The van der Waals surface area contributed by atoms with Crippen LogP contribution >= 0.6 is 12.2 Å². The van der Waals surface area contributed by atoms with Crippen LogP contribution in [0.5, 0.6) is 0 Å². The van der Waals surface area contributed by atoms with Gasteiger partial charge in [0.15, 0.2) is 0 Å². The third kappa shape index (κ3) is 3.91. The van der Waals surface area contributed by atoms with Gasteiger partial charge in [-0.3, -0.25) is 4.79 Å². The van der Waals surface area contributed by atoms with Crippen LogP contribution in [-0.2, 0) is 4.79 Å². The molecule has 0 saturated heterocycles. The molecule has 2 saturated carbocycles. The zero-order valence-corrected chi connectivity index (χ0v) is 12.6. The second kappa shape index (κ2) is 6.69. The Morgan fingerprint density at radius 1 is 1.16 bits per heavy atom. The molecule has 2 fully saturated rings. The Kier molecular flexibility index (Phi) is 5.20. The van der Waals surface area contributed by atoms with E-state index in [1.807, 2.05) is 0 Å². The number of carbonyl (C=O) groups is 1. The van der Waals surface area contributed by atoms with E-state index in [-0.39, 0.29) is 11.4 Å². The molecule has 0 atom stereocenters. The van der Waals surface area contributed by atoms with E-state index in [4.69, 9.17) is 18.0 Å². The highest BCUT2D eigenvalue weighted by molar-refractivity contribution is 7.80. The maximum absolute atomic E-state index is 12.1. The Balaban J connectivity index is 1.78. The second-order valence-electron chi connectivity index (χ2n) is 6.24. The van der Waals surface area contributed by atoms with Crippen LogP contribution in [-0.4, -0.2) is 16.4 Å². The van der Waals surface area contributed by atoms with Gasteiger partial charge in [-0.25, -0.2) is 0 Å². The fourth-order valence-corrected chi connectivity index (χ4v) is 3.81. The SMILES string of the molecule is NC(=S)C1(NC(=O)CCC2CCCCC2)CCCC1. The quantitative estimate of drug-likeness (QED) is 0.762. The molecule has 0 radical (unpaired) electrons. The Bertz CT molecular complexity index is 331. The number of hydrogen-bond acceptors (Lipinski definition) is 2. The summed E-state index contributed by atoms with van der Waals surface area (Å²) in [4.78, 5) is 12.6. The zero-order chi connectivity index (χ0) is 13.7. The summed E-state index contributed by atoms with van der Waals surface area (Å²) in [7, 11) is 0. The summed E-state index contributed by atoms with van der Waals surface area (Å²) < 4.78 is 0. The van der Waals surface area contributed by atoms with E-state index >= 15 is 0 Å². The number of amides is 1. The van der Waals surface area contributed by atoms with Crippen LogP contribution in [0.1, 0.15) is 70.6 Å². The largest absolute Gasteiger partial charge is 0.391 e. The number of hydrogen-bond donors (Lipinski definition) is 2. The first-order chi connectivity index (χ1) is 9.12. The summed E-state index contributed by atoms with van der Waals surface area (Å²) in [6.07, 6.45) is 12.4. The van der Waals surface area contributed by atoms with Crippen LogP contribution in [0.4, 0.5) is 0 Å². The Morgan fingerprint density at radius 2 is 1.79 bits per heavy atom. The highest BCUT2D eigenvalue weighted by atomic mass is 32.1. The molecule has 0 aliphatic heterocycles. The van der Waals surface area contributed by atoms with Gasteiger partial charge in [0.2, 0.25) is 5.91 Å². The summed E-state index contributed by atoms with van der Waals surface area (Å²) in [5.41, 5.74) is 5.46. The minimum Gasteiger partial charge on any atom is -0.391 e. The van der Waals surface area contributed by atoms with Crippen LogP contribution in [0.25, 0.3) is 0 Å². The molecule has 4 heteroatoms. The molecule has 108 valence electrons. The fraction of sp³-hybridized carbons (Fsp3) is 0.867. The standard InChI is InChI=1S/C15H26N2OS/c16-14(19)15(10-4-5-11-15)17-13(18)9-8-12-6-2-1-3-7-12/h12H,1-11H2,(H2,16,19)(H,17,18). The summed E-state index contributed by atoms with van der Waals surface area (Å²) in [5.74, 6) is 0.893. The van der Waals surface area contributed by atoms with E-state index in [0.717, 1.165) is 38.0 Å². The van der Waals surface area contributed by atoms with E-state index in [1.165, 1.54) is 32.1 Å². The first-order valence-corrected chi connectivity index (χ1v) is 8.14. The average Bonchev–Trinajstić information content (AvgIpc) is 2.87. The maximum atomic E-state index is 12.1. The summed E-state index contributed by atoms with van der Waals surface area (Å²) in [6, 6.07) is 0. The van der Waals surface area contributed by atoms with E-state index in [0.29, 0.717) is 11.4 Å². The van der Waals surface area contributed by atoms with Crippen molar-refractivity contribution < 1.29 is 4.79 Å². The number of rotatable bonds is 5. The van der Waals surface area contributed by atoms with Crippen LogP contribution in [0.2, 0.25) is 0 Å². The maximum Gasteiger partial charge on any atom is 0.220 e. The third-order valence-corrected chi connectivity index (χ3v) is 5.20. The van der Waals surface area contributed by atoms with Crippen molar-refractivity contribution in [1.29, 1.82) is 0 Å². The molecule has 1 amide bonds. The molecule has 2 aliphatic carbocycles. The highest BCUT2D eigenvalue weighted by Crippen LogP contribution is 2.31. The average molecular weight is 282 g/mol. The smallest absolute Gasteiger partial charge is 0.220 e. The predicted octanol–water partition coefficient (Wildman–Crippen LogP) is 3.06. The van der Waals surface area contributed by atoms with E-state index < -0.39 is 0 Å². The van der Waals surface area contributed by atoms with Gasteiger partial charge in [-0.1, -0.05) is 57.2 Å². The molecular weight excluding hydrogens is 256 g/mol. The van der Waals surface area contributed by atoms with Gasteiger partial charge in [0.1, 0.15) is 0 Å². The molecule has 3 N–H and O–H groups in total. The van der Waals surface area contributed by atoms with Crippen molar-refractivity contribution in [3.05, 3.63) is 0 Å². The number of carbonyl (C=O) groups excluding carboxylic acids is 1. The Morgan fingerprint density at radius 3 is 2.37 bits per heavy atom. The molecule has 0 aromatic carbocycles. The normalized spacial score (nSPS) is 23.2. The monoisotopic (exact) mass is 282 g/mol. The lowest BCUT2D eigenvalue weighted by Crippen LogP contribution is -2.54. The van der Waals surface area contributed by atoms with Gasteiger partial charge in [-0.15, -0.1) is 0 Å². The summed E-state index contributed by atoms with van der Waals surface area (Å²) in [6.45, 7) is 0. The number of nitrogens with one attached hydrogen (secondary N) is 1. The molecule has 0 aromatic heterocycles. The van der Waals surface area contributed by atoms with Gasteiger partial charge in [-0.2, -0.15) is 0 Å². The Labute approximate surface area is 121 Å². The van der Waals surface area contributed by atoms with E-state index in [9.17, 15) is 4.79 Å². The molecule has 3 nitrogen and oxygen atoms in total. The van der Waals surface area contributed by atoms with Crippen molar-refractivity contribution >= 4 is 23.1 Å². The molecule has 0 unspecified atom stereocenters. The first kappa shape index (κ1) is 14.8. The second-order valence-corrected chi connectivity index (χ2v) is 6.68. The molecular formula is C15H26N2OS.